The fourth-order valence-electron chi connectivity index (χ4n) is 2.06. The molecule has 0 aliphatic carbocycles. The molecule has 6 heteroatoms. The summed E-state index contributed by atoms with van der Waals surface area (Å²) in [6.45, 7) is 5.74. The normalized spacial score (nSPS) is 11.2. The van der Waals surface area contributed by atoms with E-state index in [0.29, 0.717) is 6.54 Å². The molecule has 0 unspecified atom stereocenters. The lowest BCUT2D eigenvalue weighted by Gasteiger charge is -2.22. The Hall–Kier alpha value is -0.910. The highest BCUT2D eigenvalue weighted by molar-refractivity contribution is 7.18. The molecule has 0 aliphatic rings. The van der Waals surface area contributed by atoms with E-state index in [0.717, 1.165) is 35.4 Å². The number of hydrogen-bond donors (Lipinski definition) is 1. The summed E-state index contributed by atoms with van der Waals surface area (Å²) in [4.78, 5) is 12.9. The van der Waals surface area contributed by atoms with Crippen molar-refractivity contribution in [3.8, 4) is 0 Å². The lowest BCUT2D eigenvalue weighted by Crippen LogP contribution is -2.28. The molecular formula is C13H18ClN3OS. The highest BCUT2D eigenvalue weighted by Crippen LogP contribution is 2.32. The van der Waals surface area contributed by atoms with Crippen LogP contribution in [0.25, 0.3) is 10.2 Å². The number of aromatic nitrogens is 2. The first-order valence-electron chi connectivity index (χ1n) is 6.51. The molecule has 104 valence electrons. The van der Waals surface area contributed by atoms with Crippen LogP contribution >= 0.6 is 22.9 Å². The first-order valence-corrected chi connectivity index (χ1v) is 7.70. The number of halogens is 1. The van der Waals surface area contributed by atoms with Gasteiger partial charge in [0.15, 0.2) is 0 Å². The molecule has 0 amide bonds. The molecule has 1 N–H and O–H groups in total. The van der Waals surface area contributed by atoms with Crippen molar-refractivity contribution in [2.75, 3.05) is 24.6 Å². The standard InChI is InChI=1S/C13H18ClN3OS/c1-3-5-17(6-7-18)11-10-8-9(4-2)19-12(10)16-13(14)15-11/h8,18H,3-7H2,1-2H3. The molecule has 0 saturated carbocycles. The molecule has 2 aromatic rings. The number of nitrogens with zero attached hydrogens (tertiary/aromatic N) is 3. The summed E-state index contributed by atoms with van der Waals surface area (Å²) in [5.41, 5.74) is 0. The van der Waals surface area contributed by atoms with Gasteiger partial charge in [-0.15, -0.1) is 11.3 Å². The van der Waals surface area contributed by atoms with Crippen LogP contribution in [0, 0.1) is 0 Å². The van der Waals surface area contributed by atoms with Gasteiger partial charge in [0, 0.05) is 18.0 Å². The number of fused-ring (bicyclic) bond motifs is 1. The van der Waals surface area contributed by atoms with Crippen molar-refractivity contribution in [3.05, 3.63) is 16.2 Å². The Kier molecular flexibility index (Phi) is 4.96. The lowest BCUT2D eigenvalue weighted by molar-refractivity contribution is 0.301. The van der Waals surface area contributed by atoms with E-state index in [-0.39, 0.29) is 11.9 Å². The minimum atomic E-state index is 0.105. The van der Waals surface area contributed by atoms with Crippen molar-refractivity contribution in [1.82, 2.24) is 9.97 Å². The summed E-state index contributed by atoms with van der Waals surface area (Å²) in [7, 11) is 0. The Morgan fingerprint density at radius 3 is 2.74 bits per heavy atom. The van der Waals surface area contributed by atoms with Crippen LogP contribution in [0.5, 0.6) is 0 Å². The highest BCUT2D eigenvalue weighted by Gasteiger charge is 2.15. The predicted molar refractivity (Wildman–Crippen MR) is 81.4 cm³/mol. The number of hydrogen-bond acceptors (Lipinski definition) is 5. The zero-order valence-electron chi connectivity index (χ0n) is 11.2. The largest absolute Gasteiger partial charge is 0.395 e. The van der Waals surface area contributed by atoms with Crippen LogP contribution in [-0.2, 0) is 6.42 Å². The van der Waals surface area contributed by atoms with Gasteiger partial charge in [-0.1, -0.05) is 13.8 Å². The maximum atomic E-state index is 9.20. The first kappa shape index (κ1) is 14.5. The van der Waals surface area contributed by atoms with Gasteiger partial charge in [-0.25, -0.2) is 4.98 Å². The van der Waals surface area contributed by atoms with E-state index >= 15 is 0 Å². The zero-order valence-corrected chi connectivity index (χ0v) is 12.8. The van der Waals surface area contributed by atoms with Gasteiger partial charge < -0.3 is 10.0 Å². The van der Waals surface area contributed by atoms with E-state index in [1.54, 1.807) is 11.3 Å². The Bertz CT molecular complexity index is 552. The average molecular weight is 300 g/mol. The number of aryl methyl sites for hydroxylation is 1. The van der Waals surface area contributed by atoms with Crippen molar-refractivity contribution in [2.24, 2.45) is 0 Å². The molecular weight excluding hydrogens is 282 g/mol. The predicted octanol–water partition coefficient (Wildman–Crippen LogP) is 3.12. The van der Waals surface area contributed by atoms with Crippen molar-refractivity contribution in [2.45, 2.75) is 26.7 Å². The van der Waals surface area contributed by atoms with Gasteiger partial charge in [0.05, 0.1) is 12.0 Å². The number of rotatable bonds is 6. The summed E-state index contributed by atoms with van der Waals surface area (Å²) in [6, 6.07) is 2.13. The van der Waals surface area contributed by atoms with Crippen LogP contribution in [0.1, 0.15) is 25.1 Å². The van der Waals surface area contributed by atoms with E-state index < -0.39 is 0 Å². The minimum absolute atomic E-state index is 0.105. The number of aliphatic hydroxyl groups is 1. The molecule has 0 spiro atoms. The SMILES string of the molecule is CCCN(CCO)c1nc(Cl)nc2sc(CC)cc12. The smallest absolute Gasteiger partial charge is 0.225 e. The van der Waals surface area contributed by atoms with Crippen molar-refractivity contribution in [1.29, 1.82) is 0 Å². The van der Waals surface area contributed by atoms with Crippen LogP contribution < -0.4 is 4.90 Å². The summed E-state index contributed by atoms with van der Waals surface area (Å²) < 4.78 is 0. The second kappa shape index (κ2) is 6.50. The molecule has 19 heavy (non-hydrogen) atoms. The second-order valence-corrected chi connectivity index (χ2v) is 5.77. The van der Waals surface area contributed by atoms with Gasteiger partial charge in [-0.2, -0.15) is 4.98 Å². The topological polar surface area (TPSA) is 49.2 Å². The van der Waals surface area contributed by atoms with E-state index in [4.69, 9.17) is 11.6 Å². The van der Waals surface area contributed by atoms with Crippen LogP contribution in [0.2, 0.25) is 5.28 Å². The van der Waals surface area contributed by atoms with E-state index in [2.05, 4.69) is 34.8 Å². The molecule has 0 fully saturated rings. The van der Waals surface area contributed by atoms with Crippen molar-refractivity contribution >= 4 is 39.0 Å². The Morgan fingerprint density at radius 1 is 1.32 bits per heavy atom. The molecule has 2 heterocycles. The van der Waals surface area contributed by atoms with Gasteiger partial charge in [-0.3, -0.25) is 0 Å². The number of anilines is 1. The number of aliphatic hydroxyl groups excluding tert-OH is 1. The minimum Gasteiger partial charge on any atom is -0.395 e. The number of thiophene rings is 1. The first-order chi connectivity index (χ1) is 9.19. The van der Waals surface area contributed by atoms with Gasteiger partial charge in [0.1, 0.15) is 10.6 Å². The van der Waals surface area contributed by atoms with Gasteiger partial charge in [0.25, 0.3) is 0 Å². The molecule has 0 aliphatic heterocycles. The third-order valence-corrected chi connectivity index (χ3v) is 4.25. The van der Waals surface area contributed by atoms with Gasteiger partial charge >= 0.3 is 0 Å². The van der Waals surface area contributed by atoms with Crippen LogP contribution in [0.4, 0.5) is 5.82 Å². The summed E-state index contributed by atoms with van der Waals surface area (Å²) in [6.07, 6.45) is 1.97. The molecule has 2 rings (SSSR count). The van der Waals surface area contributed by atoms with Gasteiger partial charge in [-0.05, 0) is 30.5 Å². The quantitative estimate of drug-likeness (QED) is 0.833. The molecule has 4 nitrogen and oxygen atoms in total. The molecule has 0 radical (unpaired) electrons. The molecule has 0 bridgehead atoms. The lowest BCUT2D eigenvalue weighted by atomic mass is 10.3. The van der Waals surface area contributed by atoms with E-state index in [9.17, 15) is 5.11 Å². The maximum Gasteiger partial charge on any atom is 0.225 e. The van der Waals surface area contributed by atoms with E-state index in [1.807, 2.05) is 0 Å². The zero-order chi connectivity index (χ0) is 13.8. The van der Waals surface area contributed by atoms with Crippen LogP contribution in [0.15, 0.2) is 6.07 Å². The summed E-state index contributed by atoms with van der Waals surface area (Å²) in [5.74, 6) is 0.835. The van der Waals surface area contributed by atoms with Crippen molar-refractivity contribution < 1.29 is 5.11 Å². The third-order valence-electron chi connectivity index (χ3n) is 2.91. The Labute approximate surface area is 122 Å². The van der Waals surface area contributed by atoms with Gasteiger partial charge in [0.2, 0.25) is 5.28 Å². The fraction of sp³-hybridized carbons (Fsp3) is 0.538. The monoisotopic (exact) mass is 299 g/mol. The molecule has 2 aromatic heterocycles. The Balaban J connectivity index is 2.52. The Morgan fingerprint density at radius 2 is 2.11 bits per heavy atom. The fourth-order valence-corrected chi connectivity index (χ4v) is 3.24. The molecule has 0 saturated heterocycles. The van der Waals surface area contributed by atoms with Crippen LogP contribution in [-0.4, -0.2) is 34.8 Å². The summed E-state index contributed by atoms with van der Waals surface area (Å²) in [5, 5.41) is 10.5. The van der Waals surface area contributed by atoms with Crippen molar-refractivity contribution in [3.63, 3.8) is 0 Å². The summed E-state index contributed by atoms with van der Waals surface area (Å²) >= 11 is 7.67. The average Bonchev–Trinajstić information content (AvgIpc) is 2.80. The van der Waals surface area contributed by atoms with E-state index in [1.165, 1.54) is 4.88 Å². The second-order valence-electron chi connectivity index (χ2n) is 4.31. The molecule has 0 aromatic carbocycles. The molecule has 0 atom stereocenters. The highest BCUT2D eigenvalue weighted by atomic mass is 35.5. The van der Waals surface area contributed by atoms with Crippen LogP contribution in [0.3, 0.4) is 0 Å². The third kappa shape index (κ3) is 3.16. The maximum absolute atomic E-state index is 9.20.